The van der Waals surface area contributed by atoms with Crippen LogP contribution in [0, 0.1) is 0 Å². The third-order valence-electron chi connectivity index (χ3n) is 3.70. The zero-order valence-electron chi connectivity index (χ0n) is 14.2. The van der Waals surface area contributed by atoms with E-state index in [-0.39, 0.29) is 11.4 Å². The summed E-state index contributed by atoms with van der Waals surface area (Å²) in [5.74, 6) is 0.465. The molecule has 0 fully saturated rings. The highest BCUT2D eigenvalue weighted by atomic mass is 19.4. The summed E-state index contributed by atoms with van der Waals surface area (Å²) in [4.78, 5) is 4.25. The first-order chi connectivity index (χ1) is 12.9. The van der Waals surface area contributed by atoms with Gasteiger partial charge in [0.1, 0.15) is 12.4 Å². The van der Waals surface area contributed by atoms with Crippen LogP contribution in [0.3, 0.4) is 0 Å². The molecule has 3 rings (SSSR count). The fourth-order valence-electron chi connectivity index (χ4n) is 2.39. The smallest absolute Gasteiger partial charge is 0.422 e. The Labute approximate surface area is 154 Å². The van der Waals surface area contributed by atoms with Crippen molar-refractivity contribution < 1.29 is 22.6 Å². The number of hydrogen-bond acceptors (Lipinski definition) is 4. The lowest BCUT2D eigenvalue weighted by atomic mass is 10.1. The van der Waals surface area contributed by atoms with Gasteiger partial charge in [-0.25, -0.2) is 4.98 Å². The van der Waals surface area contributed by atoms with E-state index in [0.717, 1.165) is 11.1 Å². The summed E-state index contributed by atoms with van der Waals surface area (Å²) < 4.78 is 47.0. The summed E-state index contributed by atoms with van der Waals surface area (Å²) in [7, 11) is 0. The van der Waals surface area contributed by atoms with Crippen molar-refractivity contribution >= 4 is 5.69 Å². The normalized spacial score (nSPS) is 11.2. The van der Waals surface area contributed by atoms with Crippen molar-refractivity contribution in [2.45, 2.75) is 12.8 Å². The van der Waals surface area contributed by atoms with E-state index < -0.39 is 12.8 Å². The number of pyridine rings is 1. The van der Waals surface area contributed by atoms with Crippen LogP contribution >= 0.6 is 0 Å². The summed E-state index contributed by atoms with van der Waals surface area (Å²) in [6.45, 7) is -0.975. The van der Waals surface area contributed by atoms with Gasteiger partial charge in [0.15, 0.2) is 6.61 Å². The van der Waals surface area contributed by atoms with Crippen LogP contribution in [-0.4, -0.2) is 17.8 Å². The first kappa shape index (κ1) is 18.6. The molecule has 7 heteroatoms. The van der Waals surface area contributed by atoms with E-state index in [4.69, 9.17) is 15.2 Å². The lowest BCUT2D eigenvalue weighted by Crippen LogP contribution is -2.19. The van der Waals surface area contributed by atoms with Gasteiger partial charge in [-0.2, -0.15) is 13.2 Å². The van der Waals surface area contributed by atoms with Crippen molar-refractivity contribution in [2.75, 3.05) is 12.3 Å². The number of halogens is 3. The van der Waals surface area contributed by atoms with E-state index in [1.54, 1.807) is 30.5 Å². The maximum atomic E-state index is 12.2. The average molecular weight is 374 g/mol. The molecule has 0 radical (unpaired) electrons. The van der Waals surface area contributed by atoms with E-state index in [2.05, 4.69) is 4.98 Å². The molecule has 2 N–H and O–H groups in total. The fourth-order valence-corrected chi connectivity index (χ4v) is 2.39. The highest BCUT2D eigenvalue weighted by Crippen LogP contribution is 2.30. The van der Waals surface area contributed by atoms with Crippen LogP contribution in [0.1, 0.15) is 5.56 Å². The second-order valence-electron chi connectivity index (χ2n) is 5.82. The van der Waals surface area contributed by atoms with Crippen LogP contribution in [-0.2, 0) is 6.61 Å². The van der Waals surface area contributed by atoms with E-state index in [9.17, 15) is 13.2 Å². The Kier molecular flexibility index (Phi) is 5.49. The number of rotatable bonds is 6. The van der Waals surface area contributed by atoms with Crippen LogP contribution in [0.25, 0.3) is 11.1 Å². The number of aromatic nitrogens is 1. The lowest BCUT2D eigenvalue weighted by Gasteiger charge is -2.12. The average Bonchev–Trinajstić information content (AvgIpc) is 2.66. The number of nitrogen functional groups attached to an aromatic ring is 1. The molecule has 0 bridgehead atoms. The van der Waals surface area contributed by atoms with Crippen molar-refractivity contribution in [1.82, 2.24) is 4.98 Å². The van der Waals surface area contributed by atoms with Crippen LogP contribution in [0.5, 0.6) is 11.6 Å². The van der Waals surface area contributed by atoms with Crippen molar-refractivity contribution in [3.8, 4) is 22.8 Å². The zero-order valence-corrected chi connectivity index (χ0v) is 14.2. The molecule has 140 valence electrons. The molecule has 0 unspecified atom stereocenters. The van der Waals surface area contributed by atoms with Crippen molar-refractivity contribution in [1.29, 1.82) is 0 Å². The molecule has 3 aromatic rings. The van der Waals surface area contributed by atoms with Gasteiger partial charge in [0.2, 0.25) is 5.88 Å². The van der Waals surface area contributed by atoms with Gasteiger partial charge in [-0.3, -0.25) is 0 Å². The predicted octanol–water partition coefficient (Wildman–Crippen LogP) is 4.85. The Morgan fingerprint density at radius 1 is 0.889 bits per heavy atom. The summed E-state index contributed by atoms with van der Waals surface area (Å²) in [6, 6.07) is 17.8. The number of anilines is 1. The highest BCUT2D eigenvalue weighted by Gasteiger charge is 2.28. The molecule has 0 saturated carbocycles. The third kappa shape index (κ3) is 5.37. The van der Waals surface area contributed by atoms with Gasteiger partial charge in [-0.15, -0.1) is 0 Å². The van der Waals surface area contributed by atoms with Gasteiger partial charge < -0.3 is 15.2 Å². The Bertz CT molecular complexity index is 882. The van der Waals surface area contributed by atoms with Crippen molar-refractivity contribution in [3.63, 3.8) is 0 Å². The SMILES string of the molecule is Nc1cc(-c2ccc(OCc3ccccc3)nc2)ccc1OCC(F)(F)F. The molecule has 1 aromatic heterocycles. The topological polar surface area (TPSA) is 57.4 Å². The molecule has 0 atom stereocenters. The molecule has 0 aliphatic rings. The quantitative estimate of drug-likeness (QED) is 0.627. The third-order valence-corrected chi connectivity index (χ3v) is 3.70. The Morgan fingerprint density at radius 2 is 1.63 bits per heavy atom. The molecular formula is C20H17F3N2O2. The van der Waals surface area contributed by atoms with Crippen LogP contribution < -0.4 is 15.2 Å². The van der Waals surface area contributed by atoms with Gasteiger partial charge in [-0.1, -0.05) is 36.4 Å². The maximum absolute atomic E-state index is 12.2. The van der Waals surface area contributed by atoms with Crippen LogP contribution in [0.15, 0.2) is 66.9 Å². The fraction of sp³-hybridized carbons (Fsp3) is 0.150. The second-order valence-corrected chi connectivity index (χ2v) is 5.82. The minimum Gasteiger partial charge on any atom is -0.482 e. The van der Waals surface area contributed by atoms with Gasteiger partial charge in [0.25, 0.3) is 0 Å². The van der Waals surface area contributed by atoms with E-state index in [1.807, 2.05) is 30.3 Å². The number of ether oxygens (including phenoxy) is 2. The van der Waals surface area contributed by atoms with Crippen molar-refractivity contribution in [3.05, 3.63) is 72.4 Å². The highest BCUT2D eigenvalue weighted by molar-refractivity contribution is 5.70. The zero-order chi connectivity index (χ0) is 19.3. The standard InChI is InChI=1S/C20H17F3N2O2/c21-20(22,23)13-27-18-8-6-15(10-17(18)24)16-7-9-19(25-11-16)26-12-14-4-2-1-3-5-14/h1-11H,12-13,24H2. The molecule has 0 aliphatic carbocycles. The molecule has 0 spiro atoms. The van der Waals surface area contributed by atoms with Crippen molar-refractivity contribution in [2.24, 2.45) is 0 Å². The van der Waals surface area contributed by atoms with E-state index in [0.29, 0.717) is 18.1 Å². The van der Waals surface area contributed by atoms with Crippen LogP contribution in [0.2, 0.25) is 0 Å². The number of alkyl halides is 3. The molecule has 0 saturated heterocycles. The summed E-state index contributed by atoms with van der Waals surface area (Å²) in [5.41, 5.74) is 8.43. The monoisotopic (exact) mass is 374 g/mol. The Balaban J connectivity index is 1.65. The number of nitrogens with zero attached hydrogens (tertiary/aromatic N) is 1. The largest absolute Gasteiger partial charge is 0.482 e. The number of benzene rings is 2. The van der Waals surface area contributed by atoms with E-state index >= 15 is 0 Å². The van der Waals surface area contributed by atoms with Crippen LogP contribution in [0.4, 0.5) is 18.9 Å². The minimum atomic E-state index is -4.41. The molecule has 0 amide bonds. The van der Waals surface area contributed by atoms with Gasteiger partial charge in [0, 0.05) is 17.8 Å². The summed E-state index contributed by atoms with van der Waals surface area (Å²) in [5, 5.41) is 0. The summed E-state index contributed by atoms with van der Waals surface area (Å²) in [6.07, 6.45) is -2.80. The second kappa shape index (κ2) is 7.99. The predicted molar refractivity (Wildman–Crippen MR) is 96.4 cm³/mol. The molecule has 2 aromatic carbocycles. The first-order valence-electron chi connectivity index (χ1n) is 8.13. The van der Waals surface area contributed by atoms with Gasteiger partial charge in [0.05, 0.1) is 5.69 Å². The van der Waals surface area contributed by atoms with Gasteiger partial charge >= 0.3 is 6.18 Å². The first-order valence-corrected chi connectivity index (χ1v) is 8.13. The van der Waals surface area contributed by atoms with Gasteiger partial charge in [-0.05, 0) is 29.3 Å². The molecule has 27 heavy (non-hydrogen) atoms. The molecule has 4 nitrogen and oxygen atoms in total. The Morgan fingerprint density at radius 3 is 2.26 bits per heavy atom. The number of hydrogen-bond donors (Lipinski definition) is 1. The minimum absolute atomic E-state index is 0.00755. The van der Waals surface area contributed by atoms with E-state index in [1.165, 1.54) is 6.07 Å². The molecular weight excluding hydrogens is 357 g/mol. The lowest BCUT2D eigenvalue weighted by molar-refractivity contribution is -0.153. The molecule has 1 heterocycles. The Hall–Kier alpha value is -3.22. The molecule has 0 aliphatic heterocycles. The maximum Gasteiger partial charge on any atom is 0.422 e. The summed E-state index contributed by atoms with van der Waals surface area (Å²) >= 11 is 0. The number of nitrogens with two attached hydrogens (primary N) is 1.